The van der Waals surface area contributed by atoms with Gasteiger partial charge in [-0.1, -0.05) is 12.8 Å². The second-order valence-electron chi connectivity index (χ2n) is 5.24. The van der Waals surface area contributed by atoms with Gasteiger partial charge >= 0.3 is 0 Å². The lowest BCUT2D eigenvalue weighted by Crippen LogP contribution is -2.34. The number of non-ortho nitro benzene ring substituents is 1. The van der Waals surface area contributed by atoms with Gasteiger partial charge in [0.25, 0.3) is 11.7 Å². The maximum absolute atomic E-state index is 10.8. The minimum Gasteiger partial charge on any atom is -0.424 e. The van der Waals surface area contributed by atoms with Crippen LogP contribution in [0.15, 0.2) is 22.6 Å². The summed E-state index contributed by atoms with van der Waals surface area (Å²) < 4.78 is 5.64. The lowest BCUT2D eigenvalue weighted by atomic mass is 9.95. The normalized spacial score (nSPS) is 22.3. The summed E-state index contributed by atoms with van der Waals surface area (Å²) in [7, 11) is 0. The molecule has 1 saturated carbocycles. The molecule has 1 aliphatic rings. The Hall–Kier alpha value is -1.76. The van der Waals surface area contributed by atoms with Crippen molar-refractivity contribution in [2.24, 2.45) is 0 Å². The van der Waals surface area contributed by atoms with Crippen molar-refractivity contribution >= 4 is 34.6 Å². The van der Waals surface area contributed by atoms with Gasteiger partial charge in [-0.05, 0) is 25.2 Å². The first-order valence-electron chi connectivity index (χ1n) is 7.01. The molecule has 0 radical (unpaired) electrons. The standard InChI is InChI=1S/C14H17N3O3S/c1-21-13-5-3-2-4-10(13)15-14-16-11-8-9(17(18)19)6-7-12(11)20-14/h6-8,10,13H,2-5H2,1H3,(H,15,16). The lowest BCUT2D eigenvalue weighted by molar-refractivity contribution is -0.384. The summed E-state index contributed by atoms with van der Waals surface area (Å²) in [5.74, 6) is 0. The van der Waals surface area contributed by atoms with Gasteiger partial charge in [0.1, 0.15) is 5.52 Å². The monoisotopic (exact) mass is 307 g/mol. The number of rotatable bonds is 4. The Labute approximate surface area is 126 Å². The van der Waals surface area contributed by atoms with Gasteiger partial charge in [-0.15, -0.1) is 0 Å². The highest BCUT2D eigenvalue weighted by Crippen LogP contribution is 2.30. The van der Waals surface area contributed by atoms with Crippen LogP contribution in [-0.2, 0) is 0 Å². The highest BCUT2D eigenvalue weighted by molar-refractivity contribution is 7.99. The molecule has 1 N–H and O–H groups in total. The number of benzene rings is 1. The summed E-state index contributed by atoms with van der Waals surface area (Å²) in [6.45, 7) is 0. The maximum Gasteiger partial charge on any atom is 0.295 e. The zero-order valence-corrected chi connectivity index (χ0v) is 12.6. The van der Waals surface area contributed by atoms with Crippen molar-refractivity contribution in [3.05, 3.63) is 28.3 Å². The molecule has 1 aromatic heterocycles. The number of aromatic nitrogens is 1. The van der Waals surface area contributed by atoms with Gasteiger partial charge in [-0.2, -0.15) is 16.7 Å². The van der Waals surface area contributed by atoms with Crippen molar-refractivity contribution in [2.45, 2.75) is 37.0 Å². The van der Waals surface area contributed by atoms with E-state index in [1.165, 1.54) is 31.4 Å². The molecular formula is C14H17N3O3S. The number of hydrogen-bond donors (Lipinski definition) is 1. The van der Waals surface area contributed by atoms with Crippen LogP contribution in [0.4, 0.5) is 11.7 Å². The molecular weight excluding hydrogens is 290 g/mol. The van der Waals surface area contributed by atoms with Gasteiger partial charge in [0.15, 0.2) is 5.58 Å². The molecule has 0 aliphatic heterocycles. The quantitative estimate of drug-likeness (QED) is 0.683. The van der Waals surface area contributed by atoms with Gasteiger partial charge in [0, 0.05) is 23.4 Å². The fourth-order valence-corrected chi connectivity index (χ4v) is 3.73. The van der Waals surface area contributed by atoms with Gasteiger partial charge in [0.05, 0.1) is 4.92 Å². The zero-order valence-electron chi connectivity index (χ0n) is 11.7. The van der Waals surface area contributed by atoms with Crippen molar-refractivity contribution < 1.29 is 9.34 Å². The Bertz CT molecular complexity index is 658. The minimum absolute atomic E-state index is 0.0296. The third-order valence-electron chi connectivity index (χ3n) is 3.90. The van der Waals surface area contributed by atoms with Crippen LogP contribution in [0.25, 0.3) is 11.1 Å². The maximum atomic E-state index is 10.8. The second-order valence-corrected chi connectivity index (χ2v) is 6.31. The molecule has 0 amide bonds. The molecule has 0 spiro atoms. The van der Waals surface area contributed by atoms with Crippen LogP contribution in [-0.4, -0.2) is 27.5 Å². The third kappa shape index (κ3) is 2.97. The molecule has 2 aromatic rings. The minimum atomic E-state index is -0.424. The van der Waals surface area contributed by atoms with Gasteiger partial charge in [-0.3, -0.25) is 10.1 Å². The molecule has 6 nitrogen and oxygen atoms in total. The molecule has 1 fully saturated rings. The number of hydrogen-bond acceptors (Lipinski definition) is 6. The van der Waals surface area contributed by atoms with Gasteiger partial charge < -0.3 is 9.73 Å². The summed E-state index contributed by atoms with van der Waals surface area (Å²) >= 11 is 1.87. The summed E-state index contributed by atoms with van der Waals surface area (Å²) in [5, 5.41) is 14.7. The zero-order chi connectivity index (χ0) is 14.8. The molecule has 1 aromatic carbocycles. The van der Waals surface area contributed by atoms with E-state index in [2.05, 4.69) is 16.6 Å². The van der Waals surface area contributed by atoms with Crippen molar-refractivity contribution in [3.8, 4) is 0 Å². The molecule has 112 valence electrons. The van der Waals surface area contributed by atoms with E-state index in [4.69, 9.17) is 4.42 Å². The van der Waals surface area contributed by atoms with Crippen LogP contribution in [0.2, 0.25) is 0 Å². The first kappa shape index (κ1) is 14.2. The number of oxazole rings is 1. The smallest absolute Gasteiger partial charge is 0.295 e. The van der Waals surface area contributed by atoms with Crippen LogP contribution < -0.4 is 5.32 Å². The van der Waals surface area contributed by atoms with Gasteiger partial charge in [-0.25, -0.2) is 0 Å². The van der Waals surface area contributed by atoms with Crippen molar-refractivity contribution in [1.29, 1.82) is 0 Å². The molecule has 2 atom stereocenters. The summed E-state index contributed by atoms with van der Waals surface area (Å²) in [6, 6.07) is 5.27. The van der Waals surface area contributed by atoms with Gasteiger partial charge in [0.2, 0.25) is 0 Å². The highest BCUT2D eigenvalue weighted by atomic mass is 32.2. The number of nitrogens with zero attached hydrogens (tertiary/aromatic N) is 2. The molecule has 0 saturated heterocycles. The van der Waals surface area contributed by atoms with Crippen LogP contribution in [0.5, 0.6) is 0 Å². The Morgan fingerprint density at radius 3 is 3.00 bits per heavy atom. The molecule has 7 heteroatoms. The Balaban J connectivity index is 1.82. The Kier molecular flexibility index (Phi) is 4.01. The van der Waals surface area contributed by atoms with E-state index >= 15 is 0 Å². The van der Waals surface area contributed by atoms with E-state index < -0.39 is 4.92 Å². The van der Waals surface area contributed by atoms with E-state index in [9.17, 15) is 10.1 Å². The SMILES string of the molecule is CSC1CCCCC1Nc1nc2cc([N+](=O)[O-])ccc2o1. The largest absolute Gasteiger partial charge is 0.424 e. The number of fused-ring (bicyclic) bond motifs is 1. The summed E-state index contributed by atoms with van der Waals surface area (Å²) in [4.78, 5) is 14.7. The van der Waals surface area contributed by atoms with Crippen LogP contribution in [0.1, 0.15) is 25.7 Å². The topological polar surface area (TPSA) is 81.2 Å². The molecule has 0 bridgehead atoms. The number of nitrogens with one attached hydrogen (secondary N) is 1. The first-order valence-corrected chi connectivity index (χ1v) is 8.30. The Morgan fingerprint density at radius 1 is 1.43 bits per heavy atom. The predicted octanol–water partition coefficient (Wildman–Crippen LogP) is 3.82. The number of thioether (sulfide) groups is 1. The molecule has 1 aliphatic carbocycles. The van der Waals surface area contributed by atoms with Crippen molar-refractivity contribution in [2.75, 3.05) is 11.6 Å². The lowest BCUT2D eigenvalue weighted by Gasteiger charge is -2.30. The highest BCUT2D eigenvalue weighted by Gasteiger charge is 2.25. The summed E-state index contributed by atoms with van der Waals surface area (Å²) in [5.41, 5.74) is 1.12. The fourth-order valence-electron chi connectivity index (χ4n) is 2.79. The first-order chi connectivity index (χ1) is 10.2. The third-order valence-corrected chi connectivity index (χ3v) is 5.07. The Morgan fingerprint density at radius 2 is 2.24 bits per heavy atom. The number of nitro groups is 1. The molecule has 3 rings (SSSR count). The van der Waals surface area contributed by atoms with Crippen LogP contribution in [0.3, 0.4) is 0 Å². The molecule has 1 heterocycles. The van der Waals surface area contributed by atoms with E-state index in [0.717, 1.165) is 6.42 Å². The number of anilines is 1. The summed E-state index contributed by atoms with van der Waals surface area (Å²) in [6.07, 6.45) is 6.90. The fraction of sp³-hybridized carbons (Fsp3) is 0.500. The second kappa shape index (κ2) is 5.93. The van der Waals surface area contributed by atoms with E-state index in [0.29, 0.717) is 28.4 Å². The van der Waals surface area contributed by atoms with Crippen molar-refractivity contribution in [1.82, 2.24) is 4.98 Å². The molecule has 21 heavy (non-hydrogen) atoms. The van der Waals surface area contributed by atoms with E-state index in [1.54, 1.807) is 6.07 Å². The average Bonchev–Trinajstić information content (AvgIpc) is 2.89. The molecule has 2 unspecified atom stereocenters. The van der Waals surface area contributed by atoms with Crippen molar-refractivity contribution in [3.63, 3.8) is 0 Å². The van der Waals surface area contributed by atoms with E-state index in [-0.39, 0.29) is 5.69 Å². The number of nitro benzene ring substituents is 1. The van der Waals surface area contributed by atoms with Crippen LogP contribution in [0, 0.1) is 10.1 Å². The average molecular weight is 307 g/mol. The predicted molar refractivity (Wildman–Crippen MR) is 83.8 cm³/mol. The van der Waals surface area contributed by atoms with Crippen LogP contribution >= 0.6 is 11.8 Å². The van der Waals surface area contributed by atoms with E-state index in [1.807, 2.05) is 11.8 Å².